The number of aromatic nitrogens is 1. The van der Waals surface area contributed by atoms with E-state index in [1.54, 1.807) is 15.9 Å². The van der Waals surface area contributed by atoms with E-state index in [9.17, 15) is 27.6 Å². The molecule has 3 fully saturated rings. The van der Waals surface area contributed by atoms with Crippen LogP contribution in [0.3, 0.4) is 0 Å². The second kappa shape index (κ2) is 13.0. The van der Waals surface area contributed by atoms with E-state index in [2.05, 4.69) is 9.88 Å². The van der Waals surface area contributed by atoms with Crippen molar-refractivity contribution in [3.05, 3.63) is 46.1 Å². The lowest BCUT2D eigenvalue weighted by atomic mass is 10.0. The number of halogens is 4. The standard InChI is InChI=1S/C30H37ClF3N5O5/c1-18-5-6-23(13-25(18)31)39(29(42)44-24-7-11-37(12-8-24)20(3)40)10-4-9-36-14-21-16-38(17-22(21)15-36)28(41)26-27(30(32,33)34)43-19(2)35-26/h5-6,13,21-22,24H,4,7-12,14-17H2,1-3H3. The van der Waals surface area contributed by atoms with Crippen LogP contribution < -0.4 is 4.90 Å². The highest BCUT2D eigenvalue weighted by molar-refractivity contribution is 6.31. The van der Waals surface area contributed by atoms with Crippen LogP contribution in [0.4, 0.5) is 23.7 Å². The summed E-state index contributed by atoms with van der Waals surface area (Å²) in [6.45, 7) is 9.01. The molecule has 0 N–H and O–H groups in total. The molecule has 1 aromatic carbocycles. The van der Waals surface area contributed by atoms with Crippen LogP contribution in [-0.4, -0.2) is 96.1 Å². The zero-order valence-electron chi connectivity index (χ0n) is 25.0. The highest BCUT2D eigenvalue weighted by Crippen LogP contribution is 2.36. The van der Waals surface area contributed by atoms with Gasteiger partial charge in [0, 0.05) is 83.2 Å². The molecular formula is C30H37ClF3N5O5. The van der Waals surface area contributed by atoms with Gasteiger partial charge in [-0.05, 0) is 49.4 Å². The molecule has 0 saturated carbocycles. The summed E-state index contributed by atoms with van der Waals surface area (Å²) in [6.07, 6.45) is -3.72. The first-order valence-electron chi connectivity index (χ1n) is 14.9. The van der Waals surface area contributed by atoms with E-state index in [0.29, 0.717) is 82.3 Å². The molecule has 3 aliphatic rings. The van der Waals surface area contributed by atoms with Crippen molar-refractivity contribution in [3.63, 3.8) is 0 Å². The monoisotopic (exact) mass is 639 g/mol. The Morgan fingerprint density at radius 1 is 1.07 bits per heavy atom. The van der Waals surface area contributed by atoms with E-state index in [4.69, 9.17) is 20.8 Å². The zero-order valence-corrected chi connectivity index (χ0v) is 25.8. The quantitative estimate of drug-likeness (QED) is 0.420. The molecule has 14 heteroatoms. The molecule has 44 heavy (non-hydrogen) atoms. The summed E-state index contributed by atoms with van der Waals surface area (Å²) in [7, 11) is 0. The number of oxazole rings is 1. The molecule has 2 unspecified atom stereocenters. The number of anilines is 1. The third-order valence-electron chi connectivity index (χ3n) is 8.74. The summed E-state index contributed by atoms with van der Waals surface area (Å²) >= 11 is 6.38. The molecule has 0 spiro atoms. The number of amides is 3. The van der Waals surface area contributed by atoms with E-state index in [1.807, 2.05) is 19.1 Å². The topological polar surface area (TPSA) is 99.4 Å². The van der Waals surface area contributed by atoms with Gasteiger partial charge in [-0.15, -0.1) is 0 Å². The fraction of sp³-hybridized carbons (Fsp3) is 0.600. The maximum atomic E-state index is 13.4. The number of piperidine rings is 1. The summed E-state index contributed by atoms with van der Waals surface area (Å²) < 4.78 is 50.6. The van der Waals surface area contributed by atoms with Crippen molar-refractivity contribution in [1.82, 2.24) is 19.7 Å². The molecular weight excluding hydrogens is 603 g/mol. The smallest absolute Gasteiger partial charge is 0.446 e. The molecule has 0 bridgehead atoms. The van der Waals surface area contributed by atoms with Gasteiger partial charge in [-0.3, -0.25) is 14.5 Å². The lowest BCUT2D eigenvalue weighted by Crippen LogP contribution is -2.43. The molecule has 2 aromatic rings. The summed E-state index contributed by atoms with van der Waals surface area (Å²) in [4.78, 5) is 48.7. The van der Waals surface area contributed by atoms with E-state index in [1.165, 1.54) is 18.7 Å². The van der Waals surface area contributed by atoms with Crippen LogP contribution in [0, 0.1) is 25.7 Å². The minimum atomic E-state index is -4.80. The molecule has 3 saturated heterocycles. The number of aryl methyl sites for hydroxylation is 2. The summed E-state index contributed by atoms with van der Waals surface area (Å²) in [5.74, 6) is -2.02. The Hall–Kier alpha value is -3.32. The molecule has 10 nitrogen and oxygen atoms in total. The van der Waals surface area contributed by atoms with E-state index in [0.717, 1.165) is 5.56 Å². The second-order valence-electron chi connectivity index (χ2n) is 11.9. The highest BCUT2D eigenvalue weighted by Gasteiger charge is 2.46. The number of nitrogens with zero attached hydrogens (tertiary/aromatic N) is 5. The number of alkyl halides is 3. The van der Waals surface area contributed by atoms with Crippen LogP contribution in [0.5, 0.6) is 0 Å². The van der Waals surface area contributed by atoms with Crippen molar-refractivity contribution >= 4 is 35.2 Å². The third kappa shape index (κ3) is 7.14. The number of rotatable bonds is 7. The molecule has 1 aromatic heterocycles. The number of fused-ring (bicyclic) bond motifs is 1. The first-order chi connectivity index (χ1) is 20.8. The Bertz CT molecular complexity index is 1380. The SMILES string of the molecule is CC(=O)N1CCC(OC(=O)N(CCCN2CC3CN(C(=O)c4nc(C)oc4C(F)(F)F)CC3C2)c2ccc(C)c(Cl)c2)CC1. The summed E-state index contributed by atoms with van der Waals surface area (Å²) in [5.41, 5.74) is 0.852. The number of ether oxygens (including phenoxy) is 1. The first kappa shape index (κ1) is 32.1. The lowest BCUT2D eigenvalue weighted by Gasteiger charge is -2.32. The van der Waals surface area contributed by atoms with Gasteiger partial charge in [0.15, 0.2) is 11.6 Å². The maximum Gasteiger partial charge on any atom is 0.452 e. The van der Waals surface area contributed by atoms with Gasteiger partial charge in [0.25, 0.3) is 5.91 Å². The van der Waals surface area contributed by atoms with Gasteiger partial charge in [-0.2, -0.15) is 13.2 Å². The Morgan fingerprint density at radius 3 is 2.32 bits per heavy atom. The van der Waals surface area contributed by atoms with Gasteiger partial charge in [-0.25, -0.2) is 9.78 Å². The Labute approximate surface area is 259 Å². The summed E-state index contributed by atoms with van der Waals surface area (Å²) in [5, 5.41) is 0.546. The van der Waals surface area contributed by atoms with Gasteiger partial charge >= 0.3 is 12.3 Å². The largest absolute Gasteiger partial charge is 0.452 e. The average Bonchev–Trinajstić information content (AvgIpc) is 3.66. The second-order valence-corrected chi connectivity index (χ2v) is 12.3. The predicted octanol–water partition coefficient (Wildman–Crippen LogP) is 5.01. The molecule has 5 rings (SSSR count). The molecule has 3 aliphatic heterocycles. The van der Waals surface area contributed by atoms with Gasteiger partial charge in [0.05, 0.1) is 0 Å². The summed E-state index contributed by atoms with van der Waals surface area (Å²) in [6, 6.07) is 5.45. The first-order valence-corrected chi connectivity index (χ1v) is 15.2. The molecule has 2 atom stereocenters. The fourth-order valence-corrected chi connectivity index (χ4v) is 6.55. The van der Waals surface area contributed by atoms with Gasteiger partial charge in [0.1, 0.15) is 6.10 Å². The normalized spacial score (nSPS) is 21.1. The van der Waals surface area contributed by atoms with Gasteiger partial charge in [0.2, 0.25) is 11.7 Å². The predicted molar refractivity (Wildman–Crippen MR) is 155 cm³/mol. The number of hydrogen-bond acceptors (Lipinski definition) is 7. The molecule has 3 amide bonds. The van der Waals surface area contributed by atoms with Crippen LogP contribution in [0.25, 0.3) is 0 Å². The molecule has 240 valence electrons. The van der Waals surface area contributed by atoms with Gasteiger partial charge < -0.3 is 23.9 Å². The average molecular weight is 640 g/mol. The van der Waals surface area contributed by atoms with Crippen LogP contribution in [-0.2, 0) is 15.7 Å². The molecule has 4 heterocycles. The van der Waals surface area contributed by atoms with Crippen molar-refractivity contribution < 1.29 is 36.7 Å². The van der Waals surface area contributed by atoms with Crippen LogP contribution >= 0.6 is 11.6 Å². The van der Waals surface area contributed by atoms with Crippen molar-refractivity contribution in [1.29, 1.82) is 0 Å². The number of benzene rings is 1. The van der Waals surface area contributed by atoms with E-state index >= 15 is 0 Å². The third-order valence-corrected chi connectivity index (χ3v) is 9.15. The number of hydrogen-bond donors (Lipinski definition) is 0. The Balaban J connectivity index is 1.15. The minimum Gasteiger partial charge on any atom is -0.446 e. The minimum absolute atomic E-state index is 0.0108. The fourth-order valence-electron chi connectivity index (χ4n) is 6.38. The van der Waals surface area contributed by atoms with Crippen LogP contribution in [0.15, 0.2) is 22.6 Å². The number of likely N-dealkylation sites (tertiary alicyclic amines) is 3. The number of carbonyl (C=O) groups excluding carboxylic acids is 3. The van der Waals surface area contributed by atoms with Crippen LogP contribution in [0.1, 0.15) is 53.9 Å². The zero-order chi connectivity index (χ0) is 31.8. The van der Waals surface area contributed by atoms with Crippen molar-refractivity contribution in [2.45, 2.75) is 52.3 Å². The maximum absolute atomic E-state index is 13.4. The highest BCUT2D eigenvalue weighted by atomic mass is 35.5. The Kier molecular flexibility index (Phi) is 9.45. The van der Waals surface area contributed by atoms with Crippen molar-refractivity contribution in [2.75, 3.05) is 57.3 Å². The van der Waals surface area contributed by atoms with Crippen LogP contribution in [0.2, 0.25) is 5.02 Å². The van der Waals surface area contributed by atoms with E-state index in [-0.39, 0.29) is 29.7 Å². The van der Waals surface area contributed by atoms with Crippen molar-refractivity contribution in [3.8, 4) is 0 Å². The lowest BCUT2D eigenvalue weighted by molar-refractivity contribution is -0.153. The van der Waals surface area contributed by atoms with Crippen molar-refractivity contribution in [2.24, 2.45) is 11.8 Å². The molecule has 0 radical (unpaired) electrons. The molecule has 0 aliphatic carbocycles. The number of carbonyl (C=O) groups is 3. The Morgan fingerprint density at radius 2 is 1.73 bits per heavy atom. The van der Waals surface area contributed by atoms with Gasteiger partial charge in [-0.1, -0.05) is 17.7 Å². The van der Waals surface area contributed by atoms with E-state index < -0.39 is 29.6 Å².